The van der Waals surface area contributed by atoms with Crippen LogP contribution in [0.3, 0.4) is 0 Å². The van der Waals surface area contributed by atoms with E-state index < -0.39 is 5.95 Å². The van der Waals surface area contributed by atoms with Crippen LogP contribution in [0, 0.1) is 5.95 Å². The molecule has 1 aromatic carbocycles. The predicted molar refractivity (Wildman–Crippen MR) is 97.8 cm³/mol. The van der Waals surface area contributed by atoms with Crippen LogP contribution in [-0.4, -0.2) is 57.4 Å². The Labute approximate surface area is 153 Å². The highest BCUT2D eigenvalue weighted by molar-refractivity contribution is 5.53. The van der Waals surface area contributed by atoms with Crippen LogP contribution < -0.4 is 19.1 Å². The van der Waals surface area contributed by atoms with Gasteiger partial charge in [0.15, 0.2) is 11.5 Å². The molecule has 0 unspecified atom stereocenters. The zero-order valence-electron chi connectivity index (χ0n) is 15.4. The van der Waals surface area contributed by atoms with Gasteiger partial charge in [-0.2, -0.15) is 4.39 Å². The molecule has 140 valence electrons. The third-order valence-electron chi connectivity index (χ3n) is 4.53. The topological polar surface area (TPSA) is 47.1 Å². The minimum Gasteiger partial charge on any atom is -0.493 e. The minimum absolute atomic E-state index is 0.442. The van der Waals surface area contributed by atoms with Crippen LogP contribution in [-0.2, 0) is 6.54 Å². The number of nitrogens with zero attached hydrogens (tertiary/aromatic N) is 3. The van der Waals surface area contributed by atoms with Crippen molar-refractivity contribution in [1.29, 1.82) is 0 Å². The number of methoxy groups -OCH3 is 3. The lowest BCUT2D eigenvalue weighted by atomic mass is 10.1. The number of piperazine rings is 1. The molecule has 0 aliphatic carbocycles. The van der Waals surface area contributed by atoms with Crippen molar-refractivity contribution in [2.75, 3.05) is 52.4 Å². The van der Waals surface area contributed by atoms with E-state index in [9.17, 15) is 4.39 Å². The number of benzene rings is 1. The van der Waals surface area contributed by atoms with Crippen LogP contribution in [0.5, 0.6) is 17.2 Å². The van der Waals surface area contributed by atoms with E-state index in [0.29, 0.717) is 23.1 Å². The third-order valence-corrected chi connectivity index (χ3v) is 4.53. The number of hydrogen-bond acceptors (Lipinski definition) is 6. The van der Waals surface area contributed by atoms with E-state index in [1.807, 2.05) is 18.2 Å². The van der Waals surface area contributed by atoms with Crippen molar-refractivity contribution in [3.05, 3.63) is 41.8 Å². The molecule has 6 nitrogen and oxygen atoms in total. The molecule has 7 heteroatoms. The molecule has 3 rings (SSSR count). The van der Waals surface area contributed by atoms with Gasteiger partial charge in [0.25, 0.3) is 0 Å². The van der Waals surface area contributed by atoms with Crippen LogP contribution in [0.2, 0.25) is 0 Å². The first-order chi connectivity index (χ1) is 12.6. The predicted octanol–water partition coefficient (Wildman–Crippen LogP) is 2.57. The van der Waals surface area contributed by atoms with E-state index >= 15 is 0 Å². The van der Waals surface area contributed by atoms with Crippen molar-refractivity contribution in [2.45, 2.75) is 6.54 Å². The Morgan fingerprint density at radius 3 is 2.15 bits per heavy atom. The highest BCUT2D eigenvalue weighted by Crippen LogP contribution is 2.38. The SMILES string of the molecule is COc1cc(CN2CCN(c3cccc(F)n3)CC2)cc(OC)c1OC. The van der Waals surface area contributed by atoms with Crippen LogP contribution >= 0.6 is 0 Å². The van der Waals surface area contributed by atoms with Gasteiger partial charge in [-0.25, -0.2) is 4.98 Å². The van der Waals surface area contributed by atoms with Gasteiger partial charge in [0.1, 0.15) is 5.82 Å². The second-order valence-corrected chi connectivity index (χ2v) is 6.12. The maximum absolute atomic E-state index is 13.3. The molecule has 26 heavy (non-hydrogen) atoms. The molecule has 0 N–H and O–H groups in total. The van der Waals surface area contributed by atoms with Crippen LogP contribution in [0.15, 0.2) is 30.3 Å². The van der Waals surface area contributed by atoms with Crippen molar-refractivity contribution >= 4 is 5.82 Å². The fraction of sp³-hybridized carbons (Fsp3) is 0.421. The van der Waals surface area contributed by atoms with Gasteiger partial charge in [-0.05, 0) is 29.8 Å². The number of rotatable bonds is 6. The molecule has 1 aromatic heterocycles. The maximum Gasteiger partial charge on any atom is 0.214 e. The van der Waals surface area contributed by atoms with Crippen molar-refractivity contribution in [3.8, 4) is 17.2 Å². The lowest BCUT2D eigenvalue weighted by Gasteiger charge is -2.35. The Balaban J connectivity index is 1.66. The lowest BCUT2D eigenvalue weighted by Crippen LogP contribution is -2.46. The molecule has 1 saturated heterocycles. The fourth-order valence-corrected chi connectivity index (χ4v) is 3.19. The number of ether oxygens (including phenoxy) is 3. The molecule has 0 amide bonds. The summed E-state index contributed by atoms with van der Waals surface area (Å²) in [5.74, 6) is 2.16. The van der Waals surface area contributed by atoms with Crippen molar-refractivity contribution < 1.29 is 18.6 Å². The molecule has 0 radical (unpaired) electrons. The van der Waals surface area contributed by atoms with E-state index in [4.69, 9.17) is 14.2 Å². The zero-order valence-corrected chi connectivity index (χ0v) is 15.4. The Morgan fingerprint density at radius 2 is 1.62 bits per heavy atom. The Hall–Kier alpha value is -2.54. The maximum atomic E-state index is 13.3. The smallest absolute Gasteiger partial charge is 0.214 e. The highest BCUT2D eigenvalue weighted by Gasteiger charge is 2.20. The summed E-state index contributed by atoms with van der Waals surface area (Å²) in [7, 11) is 4.83. The van der Waals surface area contributed by atoms with Crippen LogP contribution in [0.25, 0.3) is 0 Å². The molecular weight excluding hydrogens is 337 g/mol. The summed E-state index contributed by atoms with van der Waals surface area (Å²) >= 11 is 0. The Kier molecular flexibility index (Phi) is 5.78. The molecule has 0 bridgehead atoms. The van der Waals surface area contributed by atoms with Crippen molar-refractivity contribution in [1.82, 2.24) is 9.88 Å². The summed E-state index contributed by atoms with van der Waals surface area (Å²) in [5, 5.41) is 0. The molecule has 1 aliphatic rings. The summed E-state index contributed by atoms with van der Waals surface area (Å²) in [4.78, 5) is 8.41. The number of anilines is 1. The van der Waals surface area contributed by atoms with Gasteiger partial charge in [-0.3, -0.25) is 4.90 Å². The molecule has 1 aliphatic heterocycles. The van der Waals surface area contributed by atoms with Gasteiger partial charge in [0.05, 0.1) is 21.3 Å². The quantitative estimate of drug-likeness (QED) is 0.737. The first-order valence-corrected chi connectivity index (χ1v) is 8.53. The van der Waals surface area contributed by atoms with E-state index in [0.717, 1.165) is 38.3 Å². The summed E-state index contributed by atoms with van der Waals surface area (Å²) in [5.41, 5.74) is 1.09. The van der Waals surface area contributed by atoms with Gasteiger partial charge in [-0.1, -0.05) is 6.07 Å². The number of pyridine rings is 1. The first-order valence-electron chi connectivity index (χ1n) is 8.53. The van der Waals surface area contributed by atoms with Gasteiger partial charge in [-0.15, -0.1) is 0 Å². The third kappa shape index (κ3) is 3.99. The summed E-state index contributed by atoms with van der Waals surface area (Å²) in [6, 6.07) is 8.85. The van der Waals surface area contributed by atoms with Gasteiger partial charge in [0, 0.05) is 32.7 Å². The van der Waals surface area contributed by atoms with Crippen LogP contribution in [0.1, 0.15) is 5.56 Å². The average molecular weight is 361 g/mol. The number of hydrogen-bond donors (Lipinski definition) is 0. The van der Waals surface area contributed by atoms with Gasteiger partial charge >= 0.3 is 0 Å². The standard InChI is InChI=1S/C19H24FN3O3/c1-24-15-11-14(12-16(25-2)19(15)26-3)13-22-7-9-23(10-8-22)18-6-4-5-17(20)21-18/h4-6,11-12H,7-10,13H2,1-3H3. The molecule has 0 atom stereocenters. The average Bonchev–Trinajstić information content (AvgIpc) is 2.67. The molecular formula is C19H24FN3O3. The van der Waals surface area contributed by atoms with Crippen LogP contribution in [0.4, 0.5) is 10.2 Å². The van der Waals surface area contributed by atoms with Gasteiger partial charge < -0.3 is 19.1 Å². The summed E-state index contributed by atoms with van der Waals surface area (Å²) in [6.07, 6.45) is 0. The molecule has 0 saturated carbocycles. The first kappa shape index (κ1) is 18.3. The van der Waals surface area contributed by atoms with Crippen molar-refractivity contribution in [3.63, 3.8) is 0 Å². The summed E-state index contributed by atoms with van der Waals surface area (Å²) < 4.78 is 29.5. The second kappa shape index (κ2) is 8.23. The van der Waals surface area contributed by atoms with E-state index in [-0.39, 0.29) is 0 Å². The second-order valence-electron chi connectivity index (χ2n) is 6.12. The lowest BCUT2D eigenvalue weighted by molar-refractivity contribution is 0.247. The van der Waals surface area contributed by atoms with E-state index in [1.54, 1.807) is 27.4 Å². The van der Waals surface area contributed by atoms with Gasteiger partial charge in [0.2, 0.25) is 11.7 Å². The minimum atomic E-state index is -0.442. The number of halogens is 1. The summed E-state index contributed by atoms with van der Waals surface area (Å²) in [6.45, 7) is 4.13. The van der Waals surface area contributed by atoms with E-state index in [1.165, 1.54) is 6.07 Å². The highest BCUT2D eigenvalue weighted by atomic mass is 19.1. The monoisotopic (exact) mass is 361 g/mol. The largest absolute Gasteiger partial charge is 0.493 e. The molecule has 2 aromatic rings. The molecule has 2 heterocycles. The number of aromatic nitrogens is 1. The zero-order chi connectivity index (χ0) is 18.5. The Morgan fingerprint density at radius 1 is 0.962 bits per heavy atom. The molecule has 1 fully saturated rings. The fourth-order valence-electron chi connectivity index (χ4n) is 3.19. The van der Waals surface area contributed by atoms with E-state index in [2.05, 4.69) is 14.8 Å². The molecule has 0 spiro atoms. The van der Waals surface area contributed by atoms with Crippen molar-refractivity contribution in [2.24, 2.45) is 0 Å². The normalized spacial score (nSPS) is 15.0. The Bertz CT molecular complexity index is 724.